The molecule has 2 aliphatic rings. The largest absolute Gasteiger partial charge is 0.488 e. The maximum atomic E-state index is 9.71. The van der Waals surface area contributed by atoms with Gasteiger partial charge in [-0.15, -0.1) is 0 Å². The van der Waals surface area contributed by atoms with Gasteiger partial charge in [0.2, 0.25) is 0 Å². The minimum Gasteiger partial charge on any atom is -0.488 e. The molecule has 0 aromatic carbocycles. The van der Waals surface area contributed by atoms with Crippen molar-refractivity contribution in [3.63, 3.8) is 0 Å². The third kappa shape index (κ3) is 1.84. The van der Waals surface area contributed by atoms with Crippen LogP contribution < -0.4 is 5.73 Å². The van der Waals surface area contributed by atoms with Gasteiger partial charge in [-0.25, -0.2) is 0 Å². The van der Waals surface area contributed by atoms with E-state index in [1.165, 1.54) is 0 Å². The molecule has 0 bridgehead atoms. The topological polar surface area (TPSA) is 75.7 Å². The molecular formula is C11H15NO3. The van der Waals surface area contributed by atoms with Crippen molar-refractivity contribution in [1.29, 1.82) is 0 Å². The summed E-state index contributed by atoms with van der Waals surface area (Å²) >= 11 is 0. The van der Waals surface area contributed by atoms with E-state index in [-0.39, 0.29) is 25.2 Å². The maximum Gasteiger partial charge on any atom is 0.127 e. The fourth-order valence-corrected chi connectivity index (χ4v) is 1.97. The Morgan fingerprint density at radius 1 is 1.53 bits per heavy atom. The number of nitrogens with two attached hydrogens (primary N) is 1. The Bertz CT molecular complexity index is 333. The predicted octanol–water partition coefficient (Wildman–Crippen LogP) is -0.307. The van der Waals surface area contributed by atoms with Crippen molar-refractivity contribution in [2.45, 2.75) is 12.2 Å². The quantitative estimate of drug-likeness (QED) is 0.596. The highest BCUT2D eigenvalue weighted by molar-refractivity contribution is 5.34. The Labute approximate surface area is 88.4 Å². The standard InChI is InChI=1S/C11H15NO3/c12-5-10(14)8-2-1-3-11-9(8)4-7(6-13)15-11/h1-4,9-11,13-14H,5-6,12H2. The monoisotopic (exact) mass is 209 g/mol. The van der Waals surface area contributed by atoms with Gasteiger partial charge in [0.05, 0.1) is 6.10 Å². The van der Waals surface area contributed by atoms with Crippen LogP contribution in [0.4, 0.5) is 0 Å². The average molecular weight is 209 g/mol. The van der Waals surface area contributed by atoms with Crippen molar-refractivity contribution in [1.82, 2.24) is 0 Å². The first-order valence-corrected chi connectivity index (χ1v) is 5.01. The maximum absolute atomic E-state index is 9.71. The Morgan fingerprint density at radius 2 is 2.33 bits per heavy atom. The van der Waals surface area contributed by atoms with Gasteiger partial charge in [-0.05, 0) is 17.7 Å². The van der Waals surface area contributed by atoms with Crippen LogP contribution in [0.15, 0.2) is 35.6 Å². The highest BCUT2D eigenvalue weighted by Crippen LogP contribution is 2.34. The number of fused-ring (bicyclic) bond motifs is 1. The van der Waals surface area contributed by atoms with Crippen LogP contribution in [-0.2, 0) is 4.74 Å². The second-order valence-electron chi connectivity index (χ2n) is 3.70. The lowest BCUT2D eigenvalue weighted by Crippen LogP contribution is -2.30. The SMILES string of the molecule is NCC(O)C1=CC=CC2OC(CO)=CC12. The van der Waals surface area contributed by atoms with E-state index in [4.69, 9.17) is 15.6 Å². The van der Waals surface area contributed by atoms with Gasteiger partial charge in [0.15, 0.2) is 0 Å². The zero-order valence-corrected chi connectivity index (χ0v) is 8.34. The summed E-state index contributed by atoms with van der Waals surface area (Å²) in [4.78, 5) is 0. The summed E-state index contributed by atoms with van der Waals surface area (Å²) in [5.41, 5.74) is 6.28. The van der Waals surface area contributed by atoms with Gasteiger partial charge in [0.25, 0.3) is 0 Å². The molecule has 0 aromatic rings. The summed E-state index contributed by atoms with van der Waals surface area (Å²) in [5, 5.41) is 18.7. The molecule has 0 fully saturated rings. The molecule has 82 valence electrons. The normalized spacial score (nSPS) is 30.3. The Morgan fingerprint density at radius 3 is 3.00 bits per heavy atom. The van der Waals surface area contributed by atoms with E-state index in [1.807, 2.05) is 24.3 Å². The Kier molecular flexibility index (Phi) is 2.90. The van der Waals surface area contributed by atoms with E-state index in [0.717, 1.165) is 5.57 Å². The molecule has 2 rings (SSSR count). The zero-order valence-electron chi connectivity index (χ0n) is 8.34. The average Bonchev–Trinajstić information content (AvgIpc) is 2.70. The summed E-state index contributed by atoms with van der Waals surface area (Å²) in [7, 11) is 0. The predicted molar refractivity (Wildman–Crippen MR) is 55.8 cm³/mol. The third-order valence-corrected chi connectivity index (χ3v) is 2.75. The lowest BCUT2D eigenvalue weighted by atomic mass is 9.86. The van der Waals surface area contributed by atoms with Crippen LogP contribution in [0, 0.1) is 5.92 Å². The van der Waals surface area contributed by atoms with Crippen LogP contribution in [0.25, 0.3) is 0 Å². The van der Waals surface area contributed by atoms with Gasteiger partial charge >= 0.3 is 0 Å². The van der Waals surface area contributed by atoms with E-state index < -0.39 is 6.10 Å². The van der Waals surface area contributed by atoms with Crippen LogP contribution in [0.2, 0.25) is 0 Å². The van der Waals surface area contributed by atoms with E-state index in [9.17, 15) is 5.11 Å². The van der Waals surface area contributed by atoms with Crippen molar-refractivity contribution in [2.24, 2.45) is 11.7 Å². The summed E-state index contributed by atoms with van der Waals surface area (Å²) in [5.74, 6) is 0.572. The molecule has 1 aliphatic heterocycles. The third-order valence-electron chi connectivity index (χ3n) is 2.75. The van der Waals surface area contributed by atoms with Gasteiger partial charge in [-0.1, -0.05) is 12.2 Å². The van der Waals surface area contributed by atoms with Crippen LogP contribution in [0.5, 0.6) is 0 Å². The molecule has 3 atom stereocenters. The number of ether oxygens (including phenoxy) is 1. The highest BCUT2D eigenvalue weighted by atomic mass is 16.5. The first kappa shape index (κ1) is 10.4. The van der Waals surface area contributed by atoms with Crippen molar-refractivity contribution in [3.8, 4) is 0 Å². The molecule has 15 heavy (non-hydrogen) atoms. The molecule has 1 heterocycles. The van der Waals surface area contributed by atoms with Crippen LogP contribution in [-0.4, -0.2) is 35.6 Å². The van der Waals surface area contributed by atoms with Crippen LogP contribution in [0.1, 0.15) is 0 Å². The molecule has 4 heteroatoms. The number of aliphatic hydroxyl groups is 2. The fourth-order valence-electron chi connectivity index (χ4n) is 1.97. The van der Waals surface area contributed by atoms with Crippen molar-refractivity contribution in [3.05, 3.63) is 35.6 Å². The Balaban J connectivity index is 2.21. The van der Waals surface area contributed by atoms with Gasteiger partial charge in [-0.3, -0.25) is 0 Å². The lowest BCUT2D eigenvalue weighted by molar-refractivity contribution is 0.119. The second-order valence-corrected chi connectivity index (χ2v) is 3.70. The summed E-state index contributed by atoms with van der Waals surface area (Å²) in [6.07, 6.45) is 6.73. The smallest absolute Gasteiger partial charge is 0.127 e. The summed E-state index contributed by atoms with van der Waals surface area (Å²) in [6, 6.07) is 0. The highest BCUT2D eigenvalue weighted by Gasteiger charge is 2.33. The number of hydrogen-bond acceptors (Lipinski definition) is 4. The molecule has 0 saturated carbocycles. The molecule has 0 aromatic heterocycles. The minimum atomic E-state index is -0.639. The van der Waals surface area contributed by atoms with E-state index in [0.29, 0.717) is 5.76 Å². The second kappa shape index (κ2) is 4.18. The van der Waals surface area contributed by atoms with E-state index in [2.05, 4.69) is 0 Å². The van der Waals surface area contributed by atoms with Crippen molar-refractivity contribution < 1.29 is 14.9 Å². The summed E-state index contributed by atoms with van der Waals surface area (Å²) in [6.45, 7) is 0.0953. The molecule has 4 N–H and O–H groups in total. The number of allylic oxidation sites excluding steroid dienone is 2. The summed E-state index contributed by atoms with van der Waals surface area (Å²) < 4.78 is 5.47. The number of aliphatic hydroxyl groups excluding tert-OH is 2. The molecular weight excluding hydrogens is 194 g/mol. The van der Waals surface area contributed by atoms with Crippen molar-refractivity contribution in [2.75, 3.05) is 13.2 Å². The van der Waals surface area contributed by atoms with Crippen LogP contribution >= 0.6 is 0 Å². The van der Waals surface area contributed by atoms with E-state index in [1.54, 1.807) is 0 Å². The molecule has 3 unspecified atom stereocenters. The molecule has 1 aliphatic carbocycles. The van der Waals surface area contributed by atoms with Gasteiger partial charge in [-0.2, -0.15) is 0 Å². The van der Waals surface area contributed by atoms with Gasteiger partial charge < -0.3 is 20.7 Å². The van der Waals surface area contributed by atoms with Crippen LogP contribution in [0.3, 0.4) is 0 Å². The Hall–Kier alpha value is -1.10. The molecule has 0 amide bonds. The lowest BCUT2D eigenvalue weighted by Gasteiger charge is -2.24. The molecule has 4 nitrogen and oxygen atoms in total. The van der Waals surface area contributed by atoms with E-state index >= 15 is 0 Å². The number of rotatable bonds is 3. The molecule has 0 saturated heterocycles. The fraction of sp³-hybridized carbons (Fsp3) is 0.455. The van der Waals surface area contributed by atoms with Crippen molar-refractivity contribution >= 4 is 0 Å². The van der Waals surface area contributed by atoms with Gasteiger partial charge in [0.1, 0.15) is 18.5 Å². The first-order chi connectivity index (χ1) is 7.26. The molecule has 0 spiro atoms. The molecule has 0 radical (unpaired) electrons. The number of hydrogen-bond donors (Lipinski definition) is 3. The minimum absolute atomic E-state index is 0.00991. The van der Waals surface area contributed by atoms with Gasteiger partial charge in [0, 0.05) is 12.5 Å². The zero-order chi connectivity index (χ0) is 10.8. The first-order valence-electron chi connectivity index (χ1n) is 5.01.